The van der Waals surface area contributed by atoms with Crippen LogP contribution in [-0.2, 0) is 4.74 Å². The molecule has 0 bridgehead atoms. The minimum absolute atomic E-state index is 0.185. The summed E-state index contributed by atoms with van der Waals surface area (Å²) in [6, 6.07) is 0. The smallest absolute Gasteiger partial charge is 0.0657 e. The molecule has 1 rings (SSSR count). The van der Waals surface area contributed by atoms with Crippen molar-refractivity contribution in [2.45, 2.75) is 65.4 Å². The van der Waals surface area contributed by atoms with Crippen LogP contribution in [0.3, 0.4) is 0 Å². The zero-order valence-corrected chi connectivity index (χ0v) is 10.8. The summed E-state index contributed by atoms with van der Waals surface area (Å²) in [5, 5.41) is 0. The number of hydrogen-bond acceptors (Lipinski definition) is 1. The Balaban J connectivity index is 2.23. The van der Waals surface area contributed by atoms with E-state index in [2.05, 4.69) is 33.8 Å². The Morgan fingerprint density at radius 1 is 1.47 bits per heavy atom. The first kappa shape index (κ1) is 12.8. The summed E-state index contributed by atoms with van der Waals surface area (Å²) in [5.41, 5.74) is 1.62. The molecule has 0 aliphatic carbocycles. The molecule has 0 N–H and O–H groups in total. The summed E-state index contributed by atoms with van der Waals surface area (Å²) < 4.78 is 5.82. The third-order valence-corrected chi connectivity index (χ3v) is 3.29. The average Bonchev–Trinajstić information content (AvgIpc) is 2.50. The van der Waals surface area contributed by atoms with E-state index in [1.807, 2.05) is 0 Å². The molecule has 1 saturated heterocycles. The number of ether oxygens (including phenoxy) is 1. The predicted octanol–water partition coefficient (Wildman–Crippen LogP) is 4.33. The van der Waals surface area contributed by atoms with Crippen LogP contribution >= 0.6 is 0 Å². The van der Waals surface area contributed by atoms with Gasteiger partial charge < -0.3 is 4.74 Å². The topological polar surface area (TPSA) is 9.23 Å². The van der Waals surface area contributed by atoms with Gasteiger partial charge in [-0.1, -0.05) is 18.6 Å². The van der Waals surface area contributed by atoms with Crippen molar-refractivity contribution in [2.24, 2.45) is 5.92 Å². The van der Waals surface area contributed by atoms with Crippen LogP contribution in [0.25, 0.3) is 0 Å². The Morgan fingerprint density at radius 3 is 2.73 bits per heavy atom. The van der Waals surface area contributed by atoms with E-state index >= 15 is 0 Å². The van der Waals surface area contributed by atoms with Gasteiger partial charge in [-0.2, -0.15) is 0 Å². The highest BCUT2D eigenvalue weighted by molar-refractivity contribution is 4.93. The van der Waals surface area contributed by atoms with Gasteiger partial charge in [0.25, 0.3) is 0 Å². The molecule has 0 aromatic rings. The van der Waals surface area contributed by atoms with Crippen LogP contribution in [-0.4, -0.2) is 12.2 Å². The van der Waals surface area contributed by atoms with Crippen LogP contribution in [0.15, 0.2) is 11.6 Å². The van der Waals surface area contributed by atoms with Crippen LogP contribution in [0.5, 0.6) is 0 Å². The summed E-state index contributed by atoms with van der Waals surface area (Å²) in [6.07, 6.45) is 8.58. The van der Waals surface area contributed by atoms with Crippen molar-refractivity contribution in [2.75, 3.05) is 6.61 Å². The minimum atomic E-state index is 0.185. The SMILES string of the molecule is CC(C)=CCC[C@H](C)C[C@]1(C)CCCO1. The fourth-order valence-electron chi connectivity index (χ4n) is 2.49. The van der Waals surface area contributed by atoms with Crippen molar-refractivity contribution in [3.63, 3.8) is 0 Å². The molecule has 0 saturated carbocycles. The summed E-state index contributed by atoms with van der Waals surface area (Å²) >= 11 is 0. The van der Waals surface area contributed by atoms with E-state index in [1.54, 1.807) is 0 Å². The lowest BCUT2D eigenvalue weighted by Gasteiger charge is -2.26. The highest BCUT2D eigenvalue weighted by Gasteiger charge is 2.30. The van der Waals surface area contributed by atoms with E-state index in [0.717, 1.165) is 12.5 Å². The molecule has 0 amide bonds. The van der Waals surface area contributed by atoms with Gasteiger partial charge in [-0.25, -0.2) is 0 Å². The molecule has 0 unspecified atom stereocenters. The third kappa shape index (κ3) is 4.83. The maximum Gasteiger partial charge on any atom is 0.0657 e. The zero-order chi connectivity index (χ0) is 11.3. The molecule has 1 nitrogen and oxygen atoms in total. The predicted molar refractivity (Wildman–Crippen MR) is 66.0 cm³/mol. The molecule has 0 radical (unpaired) electrons. The van der Waals surface area contributed by atoms with Gasteiger partial charge in [0.05, 0.1) is 5.60 Å². The van der Waals surface area contributed by atoms with Crippen molar-refractivity contribution >= 4 is 0 Å². The number of allylic oxidation sites excluding steroid dienone is 2. The summed E-state index contributed by atoms with van der Waals surface area (Å²) in [6.45, 7) is 9.94. The Bertz CT molecular complexity index is 207. The summed E-state index contributed by atoms with van der Waals surface area (Å²) in [7, 11) is 0. The summed E-state index contributed by atoms with van der Waals surface area (Å²) in [5.74, 6) is 0.781. The van der Waals surface area contributed by atoms with Crippen molar-refractivity contribution in [1.82, 2.24) is 0 Å². The Kier molecular flexibility index (Phi) is 4.85. The van der Waals surface area contributed by atoms with E-state index < -0.39 is 0 Å². The molecular weight excluding hydrogens is 184 g/mol. The van der Waals surface area contributed by atoms with Crippen molar-refractivity contribution < 1.29 is 4.74 Å². The lowest BCUT2D eigenvalue weighted by Crippen LogP contribution is -2.25. The van der Waals surface area contributed by atoms with Crippen molar-refractivity contribution in [3.8, 4) is 0 Å². The Morgan fingerprint density at radius 2 is 2.20 bits per heavy atom. The Hall–Kier alpha value is -0.300. The average molecular weight is 210 g/mol. The van der Waals surface area contributed by atoms with Gasteiger partial charge in [0.1, 0.15) is 0 Å². The largest absolute Gasteiger partial charge is 0.375 e. The molecule has 1 aliphatic rings. The van der Waals surface area contributed by atoms with Crippen LogP contribution < -0.4 is 0 Å². The number of hydrogen-bond donors (Lipinski definition) is 0. The van der Waals surface area contributed by atoms with E-state index in [1.165, 1.54) is 37.7 Å². The first-order chi connectivity index (χ1) is 7.02. The molecule has 0 aromatic carbocycles. The minimum Gasteiger partial charge on any atom is -0.375 e. The van der Waals surface area contributed by atoms with Crippen molar-refractivity contribution in [1.29, 1.82) is 0 Å². The second kappa shape index (κ2) is 5.69. The van der Waals surface area contributed by atoms with E-state index in [9.17, 15) is 0 Å². The molecule has 15 heavy (non-hydrogen) atoms. The molecule has 2 atom stereocenters. The number of rotatable bonds is 5. The maximum atomic E-state index is 5.82. The monoisotopic (exact) mass is 210 g/mol. The molecule has 1 heteroatoms. The normalized spacial score (nSPS) is 27.7. The quantitative estimate of drug-likeness (QED) is 0.614. The van der Waals surface area contributed by atoms with Gasteiger partial charge in [-0.15, -0.1) is 0 Å². The zero-order valence-electron chi connectivity index (χ0n) is 10.8. The van der Waals surface area contributed by atoms with Gasteiger partial charge in [0.15, 0.2) is 0 Å². The van der Waals surface area contributed by atoms with E-state index in [-0.39, 0.29) is 5.60 Å². The summed E-state index contributed by atoms with van der Waals surface area (Å²) in [4.78, 5) is 0. The van der Waals surface area contributed by atoms with Gasteiger partial charge in [0, 0.05) is 6.61 Å². The van der Waals surface area contributed by atoms with Gasteiger partial charge in [-0.3, -0.25) is 0 Å². The van der Waals surface area contributed by atoms with Gasteiger partial charge in [0.2, 0.25) is 0 Å². The molecule has 0 spiro atoms. The standard InChI is InChI=1S/C14H26O/c1-12(2)7-5-8-13(3)11-14(4)9-6-10-15-14/h7,13H,5-6,8-11H2,1-4H3/t13-,14-/m0/s1. The fourth-order valence-corrected chi connectivity index (χ4v) is 2.49. The van der Waals surface area contributed by atoms with E-state index in [4.69, 9.17) is 4.74 Å². The third-order valence-electron chi connectivity index (χ3n) is 3.29. The molecular formula is C14H26O. The molecule has 88 valence electrons. The highest BCUT2D eigenvalue weighted by Crippen LogP contribution is 2.32. The van der Waals surface area contributed by atoms with Crippen LogP contribution in [0.2, 0.25) is 0 Å². The molecule has 1 heterocycles. The highest BCUT2D eigenvalue weighted by atomic mass is 16.5. The van der Waals surface area contributed by atoms with Crippen molar-refractivity contribution in [3.05, 3.63) is 11.6 Å². The Labute approximate surface area is 94.9 Å². The fraction of sp³-hybridized carbons (Fsp3) is 0.857. The lowest BCUT2D eigenvalue weighted by atomic mass is 9.88. The second-order valence-corrected chi connectivity index (χ2v) is 5.57. The van der Waals surface area contributed by atoms with Crippen LogP contribution in [0, 0.1) is 5.92 Å². The van der Waals surface area contributed by atoms with Gasteiger partial charge >= 0.3 is 0 Å². The second-order valence-electron chi connectivity index (χ2n) is 5.57. The maximum absolute atomic E-state index is 5.82. The van der Waals surface area contributed by atoms with Gasteiger partial charge in [-0.05, 0) is 58.8 Å². The first-order valence-corrected chi connectivity index (χ1v) is 6.29. The lowest BCUT2D eigenvalue weighted by molar-refractivity contribution is 0.00138. The van der Waals surface area contributed by atoms with E-state index in [0.29, 0.717) is 0 Å². The molecule has 0 aromatic heterocycles. The molecule has 1 fully saturated rings. The molecule has 1 aliphatic heterocycles. The first-order valence-electron chi connectivity index (χ1n) is 6.29. The van der Waals surface area contributed by atoms with Crippen LogP contribution in [0.4, 0.5) is 0 Å². The van der Waals surface area contributed by atoms with Crippen LogP contribution in [0.1, 0.15) is 59.8 Å².